The molecule has 2 aromatic heterocycles. The number of aryl methyl sites for hydroxylation is 2. The lowest BCUT2D eigenvalue weighted by Gasteiger charge is -2.18. The lowest BCUT2D eigenvalue weighted by atomic mass is 10.1. The first-order valence-electron chi connectivity index (χ1n) is 6.63. The Morgan fingerprint density at radius 3 is 2.75 bits per heavy atom. The van der Waals surface area contributed by atoms with Crippen molar-refractivity contribution in [2.45, 2.75) is 26.9 Å². The quantitative estimate of drug-likeness (QED) is 0.868. The van der Waals surface area contributed by atoms with Crippen LogP contribution in [0, 0.1) is 13.8 Å². The summed E-state index contributed by atoms with van der Waals surface area (Å²) in [5.74, 6) is 0.908. The van der Waals surface area contributed by atoms with Crippen molar-refractivity contribution >= 4 is 5.82 Å². The third-order valence-electron chi connectivity index (χ3n) is 3.37. The van der Waals surface area contributed by atoms with Crippen LogP contribution in [0.2, 0.25) is 0 Å². The first-order valence-corrected chi connectivity index (χ1v) is 6.63. The molecule has 0 aliphatic rings. The Morgan fingerprint density at radius 2 is 2.10 bits per heavy atom. The monoisotopic (exact) mass is 275 g/mol. The van der Waals surface area contributed by atoms with Crippen molar-refractivity contribution in [2.75, 3.05) is 25.6 Å². The van der Waals surface area contributed by atoms with Gasteiger partial charge in [0.2, 0.25) is 0 Å². The van der Waals surface area contributed by atoms with E-state index in [0.29, 0.717) is 6.61 Å². The molecule has 0 aromatic carbocycles. The number of methoxy groups -OCH3 is 1. The van der Waals surface area contributed by atoms with Gasteiger partial charge in [-0.25, -0.2) is 9.97 Å². The summed E-state index contributed by atoms with van der Waals surface area (Å²) in [5.41, 5.74) is 4.38. The highest BCUT2D eigenvalue weighted by molar-refractivity contribution is 5.38. The second kappa shape index (κ2) is 6.47. The van der Waals surface area contributed by atoms with Gasteiger partial charge in [-0.15, -0.1) is 0 Å². The van der Waals surface area contributed by atoms with E-state index in [-0.39, 0.29) is 0 Å². The summed E-state index contributed by atoms with van der Waals surface area (Å²) in [5, 5.41) is 7.24. The maximum absolute atomic E-state index is 5.09. The highest BCUT2D eigenvalue weighted by atomic mass is 16.5. The van der Waals surface area contributed by atoms with Crippen LogP contribution in [0.4, 0.5) is 5.82 Å². The molecule has 0 bridgehead atoms. The van der Waals surface area contributed by atoms with Crippen molar-refractivity contribution in [2.24, 2.45) is 0 Å². The third kappa shape index (κ3) is 3.33. The minimum atomic E-state index is 0.503. The van der Waals surface area contributed by atoms with Gasteiger partial charge in [0.1, 0.15) is 12.1 Å². The predicted molar refractivity (Wildman–Crippen MR) is 77.8 cm³/mol. The minimum absolute atomic E-state index is 0.503. The number of anilines is 1. The van der Waals surface area contributed by atoms with Crippen molar-refractivity contribution < 1.29 is 4.74 Å². The lowest BCUT2D eigenvalue weighted by Crippen LogP contribution is -2.22. The molecule has 0 atom stereocenters. The van der Waals surface area contributed by atoms with E-state index < -0.39 is 0 Å². The third-order valence-corrected chi connectivity index (χ3v) is 3.37. The Hall–Kier alpha value is -1.95. The van der Waals surface area contributed by atoms with Crippen LogP contribution < -0.4 is 4.90 Å². The Labute approximate surface area is 119 Å². The van der Waals surface area contributed by atoms with Gasteiger partial charge in [-0.2, -0.15) is 5.10 Å². The Bertz CT molecular complexity index is 547. The van der Waals surface area contributed by atoms with Crippen molar-refractivity contribution in [1.29, 1.82) is 0 Å². The molecule has 2 aromatic rings. The number of rotatable bonds is 6. The molecule has 0 fully saturated rings. The second-order valence-corrected chi connectivity index (χ2v) is 4.88. The molecule has 0 unspecified atom stereocenters. The first-order chi connectivity index (χ1) is 9.61. The molecule has 6 heteroatoms. The predicted octanol–water partition coefficient (Wildman–Crippen LogP) is 1.64. The van der Waals surface area contributed by atoms with E-state index in [9.17, 15) is 0 Å². The highest BCUT2D eigenvalue weighted by Gasteiger charge is 2.09. The van der Waals surface area contributed by atoms with Crippen molar-refractivity contribution in [3.8, 4) is 0 Å². The second-order valence-electron chi connectivity index (χ2n) is 4.88. The zero-order valence-corrected chi connectivity index (χ0v) is 12.5. The fraction of sp³-hybridized carbons (Fsp3) is 0.500. The Morgan fingerprint density at radius 1 is 1.30 bits per heavy atom. The van der Waals surface area contributed by atoms with E-state index >= 15 is 0 Å². The molecule has 20 heavy (non-hydrogen) atoms. The van der Waals surface area contributed by atoms with Crippen LogP contribution in [-0.2, 0) is 17.8 Å². The topological polar surface area (TPSA) is 66.9 Å². The zero-order chi connectivity index (χ0) is 14.5. The van der Waals surface area contributed by atoms with Gasteiger partial charge in [-0.05, 0) is 25.8 Å². The van der Waals surface area contributed by atoms with E-state index in [1.807, 2.05) is 20.0 Å². The molecule has 2 rings (SSSR count). The molecule has 0 radical (unpaired) electrons. The summed E-state index contributed by atoms with van der Waals surface area (Å²) in [4.78, 5) is 10.6. The van der Waals surface area contributed by atoms with Gasteiger partial charge in [0.15, 0.2) is 0 Å². The van der Waals surface area contributed by atoms with Crippen molar-refractivity contribution in [3.63, 3.8) is 0 Å². The number of aromatic nitrogens is 4. The summed E-state index contributed by atoms with van der Waals surface area (Å²) in [6.45, 7) is 5.46. The summed E-state index contributed by atoms with van der Waals surface area (Å²) < 4.78 is 5.09. The van der Waals surface area contributed by atoms with Crippen molar-refractivity contribution in [1.82, 2.24) is 20.2 Å². The van der Waals surface area contributed by atoms with E-state index in [0.717, 1.165) is 35.9 Å². The molecule has 0 amide bonds. The van der Waals surface area contributed by atoms with Gasteiger partial charge in [-0.3, -0.25) is 5.10 Å². The molecule has 0 aliphatic heterocycles. The molecule has 108 valence electrons. The van der Waals surface area contributed by atoms with Crippen LogP contribution in [0.25, 0.3) is 0 Å². The van der Waals surface area contributed by atoms with Gasteiger partial charge >= 0.3 is 0 Å². The van der Waals surface area contributed by atoms with Crippen LogP contribution in [0.5, 0.6) is 0 Å². The lowest BCUT2D eigenvalue weighted by molar-refractivity contribution is 0.181. The number of nitrogens with one attached hydrogen (secondary N) is 1. The largest absolute Gasteiger partial charge is 0.378 e. The maximum atomic E-state index is 5.09. The highest BCUT2D eigenvalue weighted by Crippen LogP contribution is 2.14. The van der Waals surface area contributed by atoms with Gasteiger partial charge < -0.3 is 9.64 Å². The van der Waals surface area contributed by atoms with E-state index in [1.54, 1.807) is 13.4 Å². The standard InChI is InChI=1S/C14H21N5O/c1-10-13(11(2)18-17-10)5-6-19(3)14-7-12(8-20-4)15-9-16-14/h7,9H,5-6,8H2,1-4H3,(H,17,18). The Balaban J connectivity index is 2.01. The number of nitrogens with zero attached hydrogens (tertiary/aromatic N) is 4. The average molecular weight is 275 g/mol. The SMILES string of the molecule is COCc1cc(N(C)CCc2c(C)n[nH]c2C)ncn1. The normalized spacial score (nSPS) is 10.8. The van der Waals surface area contributed by atoms with E-state index in [4.69, 9.17) is 4.74 Å². The number of ether oxygens (including phenoxy) is 1. The van der Waals surface area contributed by atoms with Crippen LogP contribution in [0.3, 0.4) is 0 Å². The molecule has 1 N–H and O–H groups in total. The Kier molecular flexibility index (Phi) is 4.68. The summed E-state index contributed by atoms with van der Waals surface area (Å²) in [7, 11) is 3.69. The minimum Gasteiger partial charge on any atom is -0.378 e. The molecular weight excluding hydrogens is 254 g/mol. The number of aromatic amines is 1. The fourth-order valence-electron chi connectivity index (χ4n) is 2.16. The molecule has 0 spiro atoms. The fourth-order valence-corrected chi connectivity index (χ4v) is 2.16. The van der Waals surface area contributed by atoms with Gasteiger partial charge in [-0.1, -0.05) is 0 Å². The average Bonchev–Trinajstić information content (AvgIpc) is 2.76. The van der Waals surface area contributed by atoms with Crippen LogP contribution in [-0.4, -0.2) is 40.9 Å². The molecule has 0 saturated carbocycles. The summed E-state index contributed by atoms with van der Waals surface area (Å²) >= 11 is 0. The molecule has 0 saturated heterocycles. The number of hydrogen-bond acceptors (Lipinski definition) is 5. The van der Waals surface area contributed by atoms with Gasteiger partial charge in [0, 0.05) is 32.5 Å². The molecular formula is C14H21N5O. The number of likely N-dealkylation sites (N-methyl/N-ethyl adjacent to an activating group) is 1. The summed E-state index contributed by atoms with van der Waals surface area (Å²) in [6, 6.07) is 1.96. The van der Waals surface area contributed by atoms with E-state index in [2.05, 4.69) is 32.0 Å². The molecule has 0 aliphatic carbocycles. The zero-order valence-electron chi connectivity index (χ0n) is 12.5. The van der Waals surface area contributed by atoms with Gasteiger partial charge in [0.25, 0.3) is 0 Å². The molecule has 6 nitrogen and oxygen atoms in total. The van der Waals surface area contributed by atoms with Crippen LogP contribution in [0.1, 0.15) is 22.6 Å². The number of hydrogen-bond donors (Lipinski definition) is 1. The van der Waals surface area contributed by atoms with Gasteiger partial charge in [0.05, 0.1) is 18.0 Å². The molecule has 2 heterocycles. The van der Waals surface area contributed by atoms with E-state index in [1.165, 1.54) is 5.56 Å². The first kappa shape index (κ1) is 14.5. The maximum Gasteiger partial charge on any atom is 0.132 e. The van der Waals surface area contributed by atoms with Crippen LogP contribution in [0.15, 0.2) is 12.4 Å². The smallest absolute Gasteiger partial charge is 0.132 e. The van der Waals surface area contributed by atoms with Crippen molar-refractivity contribution in [3.05, 3.63) is 35.0 Å². The van der Waals surface area contributed by atoms with Crippen LogP contribution >= 0.6 is 0 Å². The number of H-pyrrole nitrogens is 1. The summed E-state index contributed by atoms with van der Waals surface area (Å²) in [6.07, 6.45) is 2.52.